The van der Waals surface area contributed by atoms with Crippen molar-refractivity contribution in [2.75, 3.05) is 21.3 Å². The minimum absolute atomic E-state index is 0.392. The monoisotopic (exact) mass is 363 g/mol. The van der Waals surface area contributed by atoms with Gasteiger partial charge in [-0.05, 0) is 53.6 Å². The van der Waals surface area contributed by atoms with Gasteiger partial charge in [0.25, 0.3) is 0 Å². The van der Waals surface area contributed by atoms with Crippen LogP contribution in [0.1, 0.15) is 29.4 Å². The lowest BCUT2D eigenvalue weighted by atomic mass is 10.1. The number of ether oxygens (including phenoxy) is 3. The number of methoxy groups -OCH3 is 3. The molecule has 27 heavy (non-hydrogen) atoms. The third-order valence-electron chi connectivity index (χ3n) is 4.90. The van der Waals surface area contributed by atoms with Crippen LogP contribution in [0.5, 0.6) is 17.2 Å². The van der Waals surface area contributed by atoms with Crippen LogP contribution in [0, 0.1) is 0 Å². The first-order chi connectivity index (χ1) is 13.2. The smallest absolute Gasteiger partial charge is 0.203 e. The van der Waals surface area contributed by atoms with E-state index in [9.17, 15) is 0 Å². The van der Waals surface area contributed by atoms with E-state index in [0.717, 1.165) is 17.7 Å². The van der Waals surface area contributed by atoms with Crippen LogP contribution in [0.3, 0.4) is 0 Å². The molecule has 1 aromatic carbocycles. The highest BCUT2D eigenvalue weighted by Crippen LogP contribution is 2.56. The first-order valence-corrected chi connectivity index (χ1v) is 8.78. The van der Waals surface area contributed by atoms with Gasteiger partial charge < -0.3 is 14.2 Å². The molecule has 2 atom stereocenters. The van der Waals surface area contributed by atoms with Crippen molar-refractivity contribution in [3.8, 4) is 28.8 Å². The summed E-state index contributed by atoms with van der Waals surface area (Å²) in [5.41, 5.74) is 3.08. The van der Waals surface area contributed by atoms with Crippen LogP contribution in [0.2, 0.25) is 0 Å². The molecule has 0 saturated heterocycles. The predicted molar refractivity (Wildman–Crippen MR) is 101 cm³/mol. The summed E-state index contributed by atoms with van der Waals surface area (Å²) in [6.45, 7) is 0. The highest BCUT2D eigenvalue weighted by atomic mass is 16.5. The van der Waals surface area contributed by atoms with Gasteiger partial charge in [-0.1, -0.05) is 6.07 Å². The molecule has 0 N–H and O–H groups in total. The van der Waals surface area contributed by atoms with Crippen molar-refractivity contribution in [2.45, 2.75) is 18.3 Å². The zero-order chi connectivity index (χ0) is 18.8. The molecule has 1 aliphatic carbocycles. The van der Waals surface area contributed by atoms with Crippen molar-refractivity contribution in [1.29, 1.82) is 0 Å². The molecule has 2 heterocycles. The van der Waals surface area contributed by atoms with Crippen LogP contribution >= 0.6 is 0 Å². The second-order valence-electron chi connectivity index (χ2n) is 6.46. The van der Waals surface area contributed by atoms with Crippen LogP contribution in [0.15, 0.2) is 48.9 Å². The van der Waals surface area contributed by atoms with Crippen molar-refractivity contribution in [2.24, 2.45) is 0 Å². The van der Waals surface area contributed by atoms with E-state index in [0.29, 0.717) is 34.9 Å². The lowest BCUT2D eigenvalue weighted by Crippen LogP contribution is -1.97. The summed E-state index contributed by atoms with van der Waals surface area (Å²) in [5, 5.41) is 0. The summed E-state index contributed by atoms with van der Waals surface area (Å²) in [4.78, 5) is 13.3. The van der Waals surface area contributed by atoms with E-state index in [1.807, 2.05) is 42.7 Å². The minimum Gasteiger partial charge on any atom is -0.493 e. The Morgan fingerprint density at radius 1 is 0.815 bits per heavy atom. The van der Waals surface area contributed by atoms with Crippen molar-refractivity contribution < 1.29 is 14.2 Å². The van der Waals surface area contributed by atoms with Gasteiger partial charge in [0.1, 0.15) is 5.69 Å². The van der Waals surface area contributed by atoms with Gasteiger partial charge in [0.05, 0.1) is 21.3 Å². The van der Waals surface area contributed by atoms with Gasteiger partial charge in [-0.3, -0.25) is 4.98 Å². The van der Waals surface area contributed by atoms with E-state index in [2.05, 4.69) is 15.0 Å². The molecule has 0 radical (unpaired) electrons. The zero-order valence-electron chi connectivity index (χ0n) is 15.5. The molecule has 0 unspecified atom stereocenters. The molecule has 0 spiro atoms. The summed E-state index contributed by atoms with van der Waals surface area (Å²) >= 11 is 0. The van der Waals surface area contributed by atoms with Gasteiger partial charge in [0, 0.05) is 18.6 Å². The molecular formula is C21H21N3O3. The second-order valence-corrected chi connectivity index (χ2v) is 6.46. The predicted octanol–water partition coefficient (Wildman–Crippen LogP) is 3.84. The molecule has 1 aliphatic rings. The Morgan fingerprint density at radius 2 is 1.48 bits per heavy atom. The Balaban J connectivity index is 1.56. The number of hydrogen-bond donors (Lipinski definition) is 0. The number of hydrogen-bond acceptors (Lipinski definition) is 6. The summed E-state index contributed by atoms with van der Waals surface area (Å²) in [6.07, 6.45) is 6.60. The molecule has 4 rings (SSSR count). The number of rotatable bonds is 6. The molecule has 1 fully saturated rings. The van der Waals surface area contributed by atoms with Gasteiger partial charge >= 0.3 is 0 Å². The molecule has 0 amide bonds. The molecule has 6 nitrogen and oxygen atoms in total. The number of aromatic nitrogens is 3. The average molecular weight is 363 g/mol. The molecule has 0 aliphatic heterocycles. The van der Waals surface area contributed by atoms with Crippen molar-refractivity contribution >= 4 is 0 Å². The van der Waals surface area contributed by atoms with Gasteiger partial charge in [-0.15, -0.1) is 0 Å². The Morgan fingerprint density at radius 3 is 2.04 bits per heavy atom. The van der Waals surface area contributed by atoms with Crippen LogP contribution in [-0.2, 0) is 0 Å². The van der Waals surface area contributed by atoms with Crippen LogP contribution < -0.4 is 14.2 Å². The van der Waals surface area contributed by atoms with Gasteiger partial charge in [-0.2, -0.15) is 0 Å². The maximum atomic E-state index is 5.47. The van der Waals surface area contributed by atoms with E-state index >= 15 is 0 Å². The molecule has 2 aromatic heterocycles. The van der Waals surface area contributed by atoms with Gasteiger partial charge in [0.15, 0.2) is 17.3 Å². The maximum absolute atomic E-state index is 5.47. The zero-order valence-corrected chi connectivity index (χ0v) is 15.5. The highest BCUT2D eigenvalue weighted by molar-refractivity contribution is 5.56. The van der Waals surface area contributed by atoms with Crippen LogP contribution in [0.4, 0.5) is 0 Å². The SMILES string of the molecule is COc1cc([C@H]2C[C@H]2c2cnc(-c3ccccn3)nc2)cc(OC)c1OC. The fourth-order valence-corrected chi connectivity index (χ4v) is 3.40. The van der Waals surface area contributed by atoms with E-state index in [1.54, 1.807) is 27.5 Å². The summed E-state index contributed by atoms with van der Waals surface area (Å²) in [7, 11) is 4.88. The number of nitrogens with zero attached hydrogens (tertiary/aromatic N) is 3. The average Bonchev–Trinajstić information content (AvgIpc) is 3.54. The van der Waals surface area contributed by atoms with Crippen LogP contribution in [-0.4, -0.2) is 36.3 Å². The lowest BCUT2D eigenvalue weighted by Gasteiger charge is -2.14. The Hall–Kier alpha value is -3.15. The fourth-order valence-electron chi connectivity index (χ4n) is 3.40. The van der Waals surface area contributed by atoms with E-state index < -0.39 is 0 Å². The summed E-state index contributed by atoms with van der Waals surface area (Å²) in [5.74, 6) is 3.40. The third-order valence-corrected chi connectivity index (χ3v) is 4.90. The highest BCUT2D eigenvalue weighted by Gasteiger charge is 2.41. The van der Waals surface area contributed by atoms with Gasteiger partial charge in [0.2, 0.25) is 5.75 Å². The van der Waals surface area contributed by atoms with Crippen molar-refractivity contribution in [3.05, 3.63) is 60.0 Å². The molecule has 1 saturated carbocycles. The molecule has 0 bridgehead atoms. The maximum Gasteiger partial charge on any atom is 0.203 e. The lowest BCUT2D eigenvalue weighted by molar-refractivity contribution is 0.324. The topological polar surface area (TPSA) is 66.4 Å². The normalized spacial score (nSPS) is 18.0. The van der Waals surface area contributed by atoms with E-state index in [1.165, 1.54) is 5.56 Å². The second kappa shape index (κ2) is 7.23. The Kier molecular flexibility index (Phi) is 4.62. The van der Waals surface area contributed by atoms with E-state index in [-0.39, 0.29) is 0 Å². The largest absolute Gasteiger partial charge is 0.493 e. The third kappa shape index (κ3) is 3.30. The molecule has 6 heteroatoms. The minimum atomic E-state index is 0.392. The van der Waals surface area contributed by atoms with E-state index in [4.69, 9.17) is 14.2 Å². The summed E-state index contributed by atoms with van der Waals surface area (Å²) < 4.78 is 16.3. The van der Waals surface area contributed by atoms with Crippen molar-refractivity contribution in [3.63, 3.8) is 0 Å². The molecule has 3 aromatic rings. The number of pyridine rings is 1. The standard InChI is InChI=1S/C21H21N3O3/c1-25-18-8-13(9-19(26-2)20(18)27-3)15-10-16(15)14-11-23-21(24-12-14)17-6-4-5-7-22-17/h4-9,11-12,15-16H,10H2,1-3H3/t15-,16+/m1/s1. The fraction of sp³-hybridized carbons (Fsp3) is 0.286. The van der Waals surface area contributed by atoms with Crippen LogP contribution in [0.25, 0.3) is 11.5 Å². The molecule has 138 valence electrons. The first kappa shape index (κ1) is 17.3. The quantitative estimate of drug-likeness (QED) is 0.663. The Bertz CT molecular complexity index is 904. The van der Waals surface area contributed by atoms with Gasteiger partial charge in [-0.25, -0.2) is 9.97 Å². The molecular weight excluding hydrogens is 342 g/mol. The first-order valence-electron chi connectivity index (χ1n) is 8.78. The Labute approximate surface area is 158 Å². The summed E-state index contributed by atoms with van der Waals surface area (Å²) in [6, 6.07) is 9.76. The van der Waals surface area contributed by atoms with Crippen molar-refractivity contribution in [1.82, 2.24) is 15.0 Å². The number of benzene rings is 1.